The van der Waals surface area contributed by atoms with Crippen molar-refractivity contribution in [3.05, 3.63) is 16.1 Å². The molecule has 5 nitrogen and oxygen atoms in total. The van der Waals surface area contributed by atoms with Crippen molar-refractivity contribution in [3.8, 4) is 0 Å². The highest BCUT2D eigenvalue weighted by Crippen LogP contribution is 2.17. The van der Waals surface area contributed by atoms with Gasteiger partial charge >= 0.3 is 0 Å². The Labute approximate surface area is 174 Å². The summed E-state index contributed by atoms with van der Waals surface area (Å²) >= 11 is 1.77. The number of hydrogen-bond acceptors (Lipinski definition) is 4. The van der Waals surface area contributed by atoms with E-state index in [1.807, 2.05) is 13.2 Å². The number of nitrogens with zero attached hydrogens (tertiary/aromatic N) is 3. The maximum Gasteiger partial charge on any atom is 0.191 e. The van der Waals surface area contributed by atoms with Crippen molar-refractivity contribution in [2.45, 2.75) is 52.5 Å². The first-order valence-electron chi connectivity index (χ1n) is 9.18. The molecule has 0 radical (unpaired) electrons. The number of hydrogen-bond donors (Lipinski definition) is 2. The summed E-state index contributed by atoms with van der Waals surface area (Å²) in [6, 6.07) is 0.604. The van der Waals surface area contributed by atoms with Crippen LogP contribution in [0.5, 0.6) is 0 Å². The first-order valence-corrected chi connectivity index (χ1v) is 10.00. The lowest BCUT2D eigenvalue weighted by Crippen LogP contribution is -2.47. The lowest BCUT2D eigenvalue weighted by molar-refractivity contribution is 0.213. The Kier molecular flexibility index (Phi) is 10.9. The van der Waals surface area contributed by atoms with Gasteiger partial charge in [0.2, 0.25) is 0 Å². The van der Waals surface area contributed by atoms with Gasteiger partial charge in [-0.15, -0.1) is 35.3 Å². The Balaban J connectivity index is 0.00000312. The Morgan fingerprint density at radius 3 is 2.60 bits per heavy atom. The molecule has 1 aliphatic rings. The van der Waals surface area contributed by atoms with E-state index in [-0.39, 0.29) is 24.0 Å². The van der Waals surface area contributed by atoms with E-state index >= 15 is 0 Å². The van der Waals surface area contributed by atoms with Crippen molar-refractivity contribution >= 4 is 41.3 Å². The summed E-state index contributed by atoms with van der Waals surface area (Å²) in [7, 11) is 1.84. The molecule has 7 heteroatoms. The highest BCUT2D eigenvalue weighted by atomic mass is 127. The number of aliphatic imine (C=N–C) groups is 1. The van der Waals surface area contributed by atoms with Crippen LogP contribution in [-0.2, 0) is 6.42 Å². The third-order valence-electron chi connectivity index (χ3n) is 4.43. The standard InChI is InChI=1S/C18H33N5S.HI/c1-14(2)11-16(23-9-5-6-10-23)13-22-18(19-4)20-8-7-17-21-12-15(3)24-17;/h12,14,16H,5-11,13H2,1-4H3,(H2,19,20,22);1H. The van der Waals surface area contributed by atoms with Crippen LogP contribution in [0.1, 0.15) is 43.0 Å². The molecule has 0 spiro atoms. The molecule has 25 heavy (non-hydrogen) atoms. The van der Waals surface area contributed by atoms with Crippen LogP contribution in [0.15, 0.2) is 11.2 Å². The number of nitrogens with one attached hydrogen (secondary N) is 2. The predicted octanol–water partition coefficient (Wildman–Crippen LogP) is 3.29. The van der Waals surface area contributed by atoms with Crippen molar-refractivity contribution in [1.82, 2.24) is 20.5 Å². The average Bonchev–Trinajstić information content (AvgIpc) is 3.20. The largest absolute Gasteiger partial charge is 0.356 e. The van der Waals surface area contributed by atoms with E-state index < -0.39 is 0 Å². The number of thiazole rings is 1. The van der Waals surface area contributed by atoms with Crippen LogP contribution in [0.2, 0.25) is 0 Å². The molecule has 1 saturated heterocycles. The second-order valence-corrected chi connectivity index (χ2v) is 8.34. The SMILES string of the molecule is CN=C(NCCc1ncc(C)s1)NCC(CC(C)C)N1CCCC1.I. The van der Waals surface area contributed by atoms with E-state index in [4.69, 9.17) is 0 Å². The maximum absolute atomic E-state index is 4.41. The van der Waals surface area contributed by atoms with Gasteiger partial charge in [-0.1, -0.05) is 13.8 Å². The minimum absolute atomic E-state index is 0. The Hall–Kier alpha value is -0.410. The topological polar surface area (TPSA) is 52.6 Å². The summed E-state index contributed by atoms with van der Waals surface area (Å²) < 4.78 is 0. The van der Waals surface area contributed by atoms with Crippen LogP contribution in [0, 0.1) is 12.8 Å². The highest BCUT2D eigenvalue weighted by molar-refractivity contribution is 14.0. The zero-order valence-electron chi connectivity index (χ0n) is 16.0. The quantitative estimate of drug-likeness (QED) is 0.342. The molecular formula is C18H34IN5S. The molecule has 2 heterocycles. The van der Waals surface area contributed by atoms with E-state index in [2.05, 4.69) is 46.3 Å². The molecule has 2 N–H and O–H groups in total. The molecule has 1 aromatic rings. The summed E-state index contributed by atoms with van der Waals surface area (Å²) in [4.78, 5) is 12.7. The van der Waals surface area contributed by atoms with Gasteiger partial charge in [0.15, 0.2) is 5.96 Å². The van der Waals surface area contributed by atoms with Crippen molar-refractivity contribution in [1.29, 1.82) is 0 Å². The fourth-order valence-corrected chi connectivity index (χ4v) is 4.04. The monoisotopic (exact) mass is 479 g/mol. The van der Waals surface area contributed by atoms with E-state index in [1.165, 1.54) is 42.2 Å². The molecule has 2 rings (SSSR count). The summed E-state index contributed by atoms with van der Waals surface area (Å²) in [5, 5.41) is 8.12. The van der Waals surface area contributed by atoms with Crippen LogP contribution in [0.4, 0.5) is 0 Å². The Morgan fingerprint density at radius 2 is 2.04 bits per heavy atom. The van der Waals surface area contributed by atoms with Gasteiger partial charge < -0.3 is 10.6 Å². The third kappa shape index (κ3) is 8.21. The average molecular weight is 479 g/mol. The van der Waals surface area contributed by atoms with E-state index in [0.29, 0.717) is 6.04 Å². The van der Waals surface area contributed by atoms with Crippen molar-refractivity contribution in [3.63, 3.8) is 0 Å². The molecule has 1 fully saturated rings. The Morgan fingerprint density at radius 1 is 1.32 bits per heavy atom. The second-order valence-electron chi connectivity index (χ2n) is 7.02. The van der Waals surface area contributed by atoms with Gasteiger partial charge in [-0.2, -0.15) is 0 Å². The smallest absolute Gasteiger partial charge is 0.191 e. The molecular weight excluding hydrogens is 445 g/mol. The molecule has 1 unspecified atom stereocenters. The number of aryl methyl sites for hydroxylation is 1. The lowest BCUT2D eigenvalue weighted by Gasteiger charge is -2.29. The van der Waals surface area contributed by atoms with Crippen LogP contribution in [0.3, 0.4) is 0 Å². The number of aromatic nitrogens is 1. The normalized spacial score (nSPS) is 16.8. The maximum atomic E-state index is 4.41. The van der Waals surface area contributed by atoms with Crippen molar-refractivity contribution < 1.29 is 0 Å². The summed E-state index contributed by atoms with van der Waals surface area (Å²) in [5.74, 6) is 1.62. The number of likely N-dealkylation sites (tertiary alicyclic amines) is 1. The van der Waals surface area contributed by atoms with Gasteiger partial charge in [-0.25, -0.2) is 4.98 Å². The zero-order chi connectivity index (χ0) is 17.4. The second kappa shape index (κ2) is 12.1. The van der Waals surface area contributed by atoms with E-state index in [1.54, 1.807) is 11.3 Å². The van der Waals surface area contributed by atoms with E-state index in [0.717, 1.165) is 31.4 Å². The van der Waals surface area contributed by atoms with Gasteiger partial charge in [0, 0.05) is 43.7 Å². The van der Waals surface area contributed by atoms with E-state index in [9.17, 15) is 0 Å². The molecule has 144 valence electrons. The van der Waals surface area contributed by atoms with Crippen molar-refractivity contribution in [2.75, 3.05) is 33.2 Å². The molecule has 0 saturated carbocycles. The molecule has 1 aromatic heterocycles. The van der Waals surface area contributed by atoms with Gasteiger partial charge in [-0.3, -0.25) is 9.89 Å². The van der Waals surface area contributed by atoms with Crippen LogP contribution >= 0.6 is 35.3 Å². The molecule has 0 amide bonds. The number of guanidine groups is 1. The van der Waals surface area contributed by atoms with Crippen LogP contribution < -0.4 is 10.6 Å². The van der Waals surface area contributed by atoms with Crippen LogP contribution in [0.25, 0.3) is 0 Å². The third-order valence-corrected chi connectivity index (χ3v) is 5.40. The fourth-order valence-electron chi connectivity index (χ4n) is 3.25. The van der Waals surface area contributed by atoms with Crippen molar-refractivity contribution in [2.24, 2.45) is 10.9 Å². The summed E-state index contributed by atoms with van der Waals surface area (Å²) in [6.07, 6.45) is 6.81. The first-order chi connectivity index (χ1) is 11.6. The van der Waals surface area contributed by atoms with Gasteiger partial charge in [0.05, 0.1) is 5.01 Å². The molecule has 1 atom stereocenters. The molecule has 0 aromatic carbocycles. The Bertz CT molecular complexity index is 511. The van der Waals surface area contributed by atoms with Crippen LogP contribution in [-0.4, -0.2) is 55.1 Å². The fraction of sp³-hybridized carbons (Fsp3) is 0.778. The number of rotatable bonds is 8. The molecule has 0 aliphatic carbocycles. The molecule has 0 bridgehead atoms. The van der Waals surface area contributed by atoms with Gasteiger partial charge in [0.1, 0.15) is 0 Å². The zero-order valence-corrected chi connectivity index (χ0v) is 19.2. The molecule has 1 aliphatic heterocycles. The predicted molar refractivity (Wildman–Crippen MR) is 119 cm³/mol. The summed E-state index contributed by atoms with van der Waals surface area (Å²) in [5.41, 5.74) is 0. The first kappa shape index (κ1) is 22.6. The summed E-state index contributed by atoms with van der Waals surface area (Å²) in [6.45, 7) is 11.0. The van der Waals surface area contributed by atoms with Gasteiger partial charge in [-0.05, 0) is 45.2 Å². The minimum Gasteiger partial charge on any atom is -0.356 e. The lowest BCUT2D eigenvalue weighted by atomic mass is 10.0. The number of halogens is 1. The highest BCUT2D eigenvalue weighted by Gasteiger charge is 2.22. The minimum atomic E-state index is 0. The van der Waals surface area contributed by atoms with Gasteiger partial charge in [0.25, 0.3) is 0 Å².